The molecule has 0 rings (SSSR count). The minimum atomic E-state index is -0.829. The Morgan fingerprint density at radius 2 is 0.908 bits per heavy atom. The van der Waals surface area contributed by atoms with Crippen LogP contribution in [0.3, 0.4) is 0 Å². The smallest absolute Gasteiger partial charge is 0.306 e. The van der Waals surface area contributed by atoms with Gasteiger partial charge in [-0.15, -0.1) is 0 Å². The van der Waals surface area contributed by atoms with Crippen LogP contribution in [-0.2, 0) is 14.3 Å². The fourth-order valence-corrected chi connectivity index (χ4v) is 7.37. The van der Waals surface area contributed by atoms with Crippen molar-refractivity contribution in [2.75, 3.05) is 6.61 Å². The molecule has 0 saturated carbocycles. The number of carbonyl (C=O) groups is 2. The maximum absolute atomic E-state index is 13.2. The Kier molecular flexibility index (Phi) is 48.7. The number of aliphatic hydroxyl groups excluding tert-OH is 2. The summed E-state index contributed by atoms with van der Waals surface area (Å²) in [6.45, 7) is 6.30. The second-order valence-corrected chi connectivity index (χ2v) is 17.6. The van der Waals surface area contributed by atoms with E-state index in [0.29, 0.717) is 19.3 Å². The van der Waals surface area contributed by atoms with Crippen LogP contribution in [-0.4, -0.2) is 46.9 Å². The summed E-state index contributed by atoms with van der Waals surface area (Å²) < 4.78 is 5.82. The summed E-state index contributed by atoms with van der Waals surface area (Å²) in [6, 6.07) is -0.754. The number of nitrogens with one attached hydrogen (secondary N) is 1. The van der Waals surface area contributed by atoms with E-state index in [1.807, 2.05) is 6.08 Å². The van der Waals surface area contributed by atoms with Gasteiger partial charge in [-0.05, 0) is 83.1 Å². The van der Waals surface area contributed by atoms with Crippen LogP contribution in [0.25, 0.3) is 0 Å². The van der Waals surface area contributed by atoms with Crippen LogP contribution in [0.5, 0.6) is 0 Å². The molecule has 0 fully saturated rings. The van der Waals surface area contributed by atoms with Gasteiger partial charge in [0.1, 0.15) is 6.10 Å². The van der Waals surface area contributed by atoms with Crippen LogP contribution in [0.2, 0.25) is 0 Å². The molecular formula is C59H99NO5. The average molecular weight is 902 g/mol. The van der Waals surface area contributed by atoms with Crippen molar-refractivity contribution in [3.8, 4) is 0 Å². The highest BCUT2D eigenvalue weighted by molar-refractivity contribution is 5.78. The maximum Gasteiger partial charge on any atom is 0.306 e. The Morgan fingerprint density at radius 1 is 0.492 bits per heavy atom. The lowest BCUT2D eigenvalue weighted by Crippen LogP contribution is -2.46. The molecule has 0 spiro atoms. The van der Waals surface area contributed by atoms with Crippen molar-refractivity contribution in [3.05, 3.63) is 109 Å². The quantitative estimate of drug-likeness (QED) is 0.0245. The fraction of sp³-hybridized carbons (Fsp3) is 0.661. The monoisotopic (exact) mass is 902 g/mol. The van der Waals surface area contributed by atoms with E-state index in [-0.39, 0.29) is 24.9 Å². The van der Waals surface area contributed by atoms with Gasteiger partial charge in [-0.3, -0.25) is 9.59 Å². The van der Waals surface area contributed by atoms with Gasteiger partial charge in [0.25, 0.3) is 0 Å². The molecule has 0 saturated heterocycles. The predicted octanol–water partition coefficient (Wildman–Crippen LogP) is 16.3. The molecule has 3 N–H and O–H groups in total. The zero-order valence-corrected chi connectivity index (χ0v) is 42.1. The zero-order valence-electron chi connectivity index (χ0n) is 42.1. The lowest BCUT2D eigenvalue weighted by Gasteiger charge is -2.23. The van der Waals surface area contributed by atoms with Gasteiger partial charge in [0.2, 0.25) is 5.91 Å². The summed E-state index contributed by atoms with van der Waals surface area (Å²) in [6.07, 6.45) is 70.3. The molecule has 0 bridgehead atoms. The first-order valence-corrected chi connectivity index (χ1v) is 26.7. The van der Waals surface area contributed by atoms with Crippen molar-refractivity contribution in [2.45, 2.75) is 244 Å². The average Bonchev–Trinajstić information content (AvgIpc) is 3.30. The van der Waals surface area contributed by atoms with Gasteiger partial charge in [-0.2, -0.15) is 0 Å². The second-order valence-electron chi connectivity index (χ2n) is 17.6. The number of hydrogen-bond donors (Lipinski definition) is 3. The summed E-state index contributed by atoms with van der Waals surface area (Å²) in [4.78, 5) is 26.1. The Morgan fingerprint density at radius 3 is 1.37 bits per heavy atom. The highest BCUT2D eigenvalue weighted by Gasteiger charge is 2.23. The van der Waals surface area contributed by atoms with E-state index in [1.54, 1.807) is 6.08 Å². The van der Waals surface area contributed by atoms with Gasteiger partial charge in [0.15, 0.2) is 0 Å². The molecule has 0 radical (unpaired) electrons. The molecule has 370 valence electrons. The molecule has 6 heteroatoms. The number of unbranched alkanes of at least 4 members (excludes halogenated alkanes) is 20. The third-order valence-electron chi connectivity index (χ3n) is 11.4. The molecule has 0 aliphatic carbocycles. The number of rotatable bonds is 46. The predicted molar refractivity (Wildman–Crippen MR) is 282 cm³/mol. The molecule has 0 aliphatic heterocycles. The van der Waals surface area contributed by atoms with Gasteiger partial charge in [0, 0.05) is 6.42 Å². The molecule has 0 aromatic heterocycles. The zero-order chi connectivity index (χ0) is 47.4. The lowest BCUT2D eigenvalue weighted by molar-refractivity contribution is -0.148. The number of ether oxygens (including phenoxy) is 1. The second kappa shape index (κ2) is 51.5. The molecule has 0 aromatic carbocycles. The molecule has 65 heavy (non-hydrogen) atoms. The van der Waals surface area contributed by atoms with Crippen molar-refractivity contribution >= 4 is 11.9 Å². The fourth-order valence-electron chi connectivity index (χ4n) is 7.37. The van der Waals surface area contributed by atoms with Crippen molar-refractivity contribution in [2.24, 2.45) is 0 Å². The van der Waals surface area contributed by atoms with Crippen molar-refractivity contribution in [3.63, 3.8) is 0 Å². The van der Waals surface area contributed by atoms with E-state index < -0.39 is 18.2 Å². The Labute approximate surface area is 400 Å². The van der Waals surface area contributed by atoms with E-state index >= 15 is 0 Å². The highest BCUT2D eigenvalue weighted by Crippen LogP contribution is 2.15. The third kappa shape index (κ3) is 46.8. The van der Waals surface area contributed by atoms with E-state index in [0.717, 1.165) is 96.3 Å². The molecular weight excluding hydrogens is 803 g/mol. The van der Waals surface area contributed by atoms with Crippen LogP contribution < -0.4 is 5.32 Å². The number of aliphatic hydroxyl groups is 2. The Balaban J connectivity index is 4.82. The number of allylic oxidation sites excluding steroid dienone is 17. The van der Waals surface area contributed by atoms with E-state index in [4.69, 9.17) is 4.74 Å². The standard InChI is InChI=1S/C59H99NO5/c1-4-7-10-13-16-19-22-24-26-28-30-32-34-37-40-43-46-49-52-59(64)65-55(50-47-44-41-38-36-33-31-29-27-25-23-20-17-14-11-8-5-2)53-58(63)60-56(54-61)57(62)51-48-45-42-39-35-21-18-15-12-9-6-3/h8,11,17,20,22,24-28,30-33,38,41,47,50,55-57,61-62H,4-7,9-10,12-16,18-19,21,23,29,34-37,39-40,42-46,48-49,51-54H2,1-3H3,(H,60,63)/b11-8-,20-17-,24-22+,27-25-,28-26+,32-30+,33-31-,41-38-,50-47-. The molecule has 3 unspecified atom stereocenters. The summed E-state index contributed by atoms with van der Waals surface area (Å²) in [5.74, 6) is -0.661. The van der Waals surface area contributed by atoms with Crippen molar-refractivity contribution in [1.82, 2.24) is 5.32 Å². The van der Waals surface area contributed by atoms with Gasteiger partial charge in [-0.25, -0.2) is 0 Å². The molecule has 6 nitrogen and oxygen atoms in total. The molecule has 0 aromatic rings. The molecule has 1 amide bonds. The van der Waals surface area contributed by atoms with E-state index in [1.165, 1.54) is 83.5 Å². The first-order chi connectivity index (χ1) is 32.0. The first kappa shape index (κ1) is 61.5. The minimum Gasteiger partial charge on any atom is -0.458 e. The number of esters is 1. The van der Waals surface area contributed by atoms with Crippen LogP contribution in [0.15, 0.2) is 109 Å². The summed E-state index contributed by atoms with van der Waals surface area (Å²) >= 11 is 0. The lowest BCUT2D eigenvalue weighted by atomic mass is 10.0. The van der Waals surface area contributed by atoms with Crippen molar-refractivity contribution < 1.29 is 24.5 Å². The van der Waals surface area contributed by atoms with E-state index in [9.17, 15) is 19.8 Å². The van der Waals surface area contributed by atoms with Crippen LogP contribution >= 0.6 is 0 Å². The Hall–Kier alpha value is -3.48. The van der Waals surface area contributed by atoms with Gasteiger partial charge < -0.3 is 20.3 Å². The first-order valence-electron chi connectivity index (χ1n) is 26.7. The van der Waals surface area contributed by atoms with Gasteiger partial charge in [0.05, 0.1) is 25.2 Å². The van der Waals surface area contributed by atoms with Crippen LogP contribution in [0.1, 0.15) is 226 Å². The highest BCUT2D eigenvalue weighted by atomic mass is 16.5. The Bertz CT molecular complexity index is 1330. The minimum absolute atomic E-state index is 0.0618. The molecule has 0 heterocycles. The molecule has 0 aliphatic rings. The summed E-state index contributed by atoms with van der Waals surface area (Å²) in [7, 11) is 0. The number of amides is 1. The normalized spacial score (nSPS) is 14.1. The number of carbonyl (C=O) groups excluding carboxylic acids is 2. The van der Waals surface area contributed by atoms with Crippen LogP contribution in [0.4, 0.5) is 0 Å². The van der Waals surface area contributed by atoms with Gasteiger partial charge in [-0.1, -0.05) is 240 Å². The largest absolute Gasteiger partial charge is 0.458 e. The third-order valence-corrected chi connectivity index (χ3v) is 11.4. The summed E-state index contributed by atoms with van der Waals surface area (Å²) in [5, 5.41) is 23.7. The van der Waals surface area contributed by atoms with Crippen molar-refractivity contribution in [1.29, 1.82) is 0 Å². The van der Waals surface area contributed by atoms with Crippen LogP contribution in [0, 0.1) is 0 Å². The topological polar surface area (TPSA) is 95.9 Å². The molecule has 3 atom stereocenters. The van der Waals surface area contributed by atoms with Gasteiger partial charge >= 0.3 is 5.97 Å². The maximum atomic E-state index is 13.2. The number of hydrogen-bond acceptors (Lipinski definition) is 5. The SMILES string of the molecule is CC/C=C\C/C=C\C/C=C\C/C=C\C/C=C\C/C=C\C(CC(=O)NC(CO)C(O)CCCCCCCCCCCCC)OC(=O)CCCCCCC/C=C/C=C/C=C/CCCCCCC. The van der Waals surface area contributed by atoms with E-state index in [2.05, 4.69) is 123 Å². The summed E-state index contributed by atoms with van der Waals surface area (Å²) in [5.41, 5.74) is 0.